The van der Waals surface area contributed by atoms with Crippen LogP contribution in [0, 0.1) is 0 Å². The summed E-state index contributed by atoms with van der Waals surface area (Å²) < 4.78 is 4.99. The van der Waals surface area contributed by atoms with Crippen LogP contribution in [0.4, 0.5) is 0 Å². The van der Waals surface area contributed by atoms with Gasteiger partial charge in [-0.05, 0) is 18.2 Å². The van der Waals surface area contributed by atoms with Crippen molar-refractivity contribution in [1.82, 2.24) is 0 Å². The second-order valence-electron chi connectivity index (χ2n) is 2.24. The van der Waals surface area contributed by atoms with Gasteiger partial charge in [0.05, 0.1) is 12.7 Å². The number of halogens is 2. The van der Waals surface area contributed by atoms with E-state index in [9.17, 15) is 0 Å². The number of methoxy groups -OCH3 is 1. The normalized spacial score (nSPS) is 11.5. The van der Waals surface area contributed by atoms with E-state index < -0.39 is 0 Å². The molecule has 0 aliphatic carbocycles. The van der Waals surface area contributed by atoms with E-state index >= 15 is 0 Å². The first-order valence-corrected chi connectivity index (χ1v) is 4.16. The maximum atomic E-state index is 8.46. The van der Waals surface area contributed by atoms with Crippen LogP contribution in [-0.4, -0.2) is 17.5 Å². The molecule has 1 N–H and O–H groups in total. The van der Waals surface area contributed by atoms with E-state index in [1.54, 1.807) is 18.2 Å². The van der Waals surface area contributed by atoms with Crippen LogP contribution in [0.5, 0.6) is 5.75 Å². The van der Waals surface area contributed by atoms with E-state index in [4.69, 9.17) is 33.1 Å². The van der Waals surface area contributed by atoms with E-state index in [1.165, 1.54) is 7.11 Å². The zero-order valence-corrected chi connectivity index (χ0v) is 8.30. The average molecular weight is 220 g/mol. The van der Waals surface area contributed by atoms with Crippen molar-refractivity contribution < 1.29 is 9.94 Å². The lowest BCUT2D eigenvalue weighted by Gasteiger charge is -2.05. The molecule has 0 unspecified atom stereocenters. The van der Waals surface area contributed by atoms with E-state index in [0.29, 0.717) is 16.3 Å². The SMILES string of the molecule is COc1ccc(Cl)cc1C(Cl)=NO. The van der Waals surface area contributed by atoms with E-state index in [0.717, 1.165) is 0 Å². The molecular formula is C8H7Cl2NO2. The van der Waals surface area contributed by atoms with Crippen molar-refractivity contribution >= 4 is 28.4 Å². The first-order valence-electron chi connectivity index (χ1n) is 3.40. The summed E-state index contributed by atoms with van der Waals surface area (Å²) in [6.45, 7) is 0. The fourth-order valence-electron chi connectivity index (χ4n) is 0.895. The zero-order valence-electron chi connectivity index (χ0n) is 6.79. The first-order chi connectivity index (χ1) is 6.19. The monoisotopic (exact) mass is 219 g/mol. The highest BCUT2D eigenvalue weighted by Gasteiger charge is 2.08. The molecule has 0 bridgehead atoms. The minimum Gasteiger partial charge on any atom is -0.496 e. The molecule has 0 aliphatic heterocycles. The summed E-state index contributed by atoms with van der Waals surface area (Å²) in [6, 6.07) is 4.86. The number of nitrogens with zero attached hydrogens (tertiary/aromatic N) is 1. The molecule has 0 radical (unpaired) electrons. The molecule has 5 heteroatoms. The largest absolute Gasteiger partial charge is 0.496 e. The third-order valence-corrected chi connectivity index (χ3v) is 1.99. The van der Waals surface area contributed by atoms with Gasteiger partial charge in [0.25, 0.3) is 0 Å². The fourth-order valence-corrected chi connectivity index (χ4v) is 1.22. The van der Waals surface area contributed by atoms with Crippen LogP contribution in [0.2, 0.25) is 5.02 Å². The summed E-state index contributed by atoms with van der Waals surface area (Å²) >= 11 is 11.3. The molecule has 0 atom stereocenters. The van der Waals surface area contributed by atoms with Crippen molar-refractivity contribution in [3.8, 4) is 5.75 Å². The number of rotatable bonds is 2. The molecule has 0 saturated carbocycles. The molecule has 0 aliphatic rings. The zero-order chi connectivity index (χ0) is 9.84. The Hall–Kier alpha value is -0.930. The van der Waals surface area contributed by atoms with E-state index in [2.05, 4.69) is 5.16 Å². The van der Waals surface area contributed by atoms with Crippen LogP contribution in [-0.2, 0) is 0 Å². The Morgan fingerprint density at radius 3 is 2.77 bits per heavy atom. The lowest BCUT2D eigenvalue weighted by atomic mass is 10.2. The lowest BCUT2D eigenvalue weighted by molar-refractivity contribution is 0.320. The summed E-state index contributed by atoms with van der Waals surface area (Å²) in [7, 11) is 1.49. The Labute approximate surface area is 85.5 Å². The minimum atomic E-state index is -0.0562. The fraction of sp³-hybridized carbons (Fsp3) is 0.125. The standard InChI is InChI=1S/C8H7Cl2NO2/c1-13-7-3-2-5(9)4-6(7)8(10)11-12/h2-4,12H,1H3. The Morgan fingerprint density at radius 2 is 2.23 bits per heavy atom. The predicted molar refractivity (Wildman–Crippen MR) is 52.2 cm³/mol. The summed E-state index contributed by atoms with van der Waals surface area (Å²) in [5.41, 5.74) is 0.458. The van der Waals surface area contributed by atoms with Gasteiger partial charge in [-0.3, -0.25) is 0 Å². The predicted octanol–water partition coefficient (Wildman–Crippen LogP) is 2.72. The van der Waals surface area contributed by atoms with Crippen molar-refractivity contribution in [3.05, 3.63) is 28.8 Å². The van der Waals surface area contributed by atoms with Gasteiger partial charge >= 0.3 is 0 Å². The van der Waals surface area contributed by atoms with Gasteiger partial charge in [0.1, 0.15) is 5.75 Å². The highest BCUT2D eigenvalue weighted by molar-refractivity contribution is 6.69. The molecule has 1 rings (SSSR count). The van der Waals surface area contributed by atoms with Gasteiger partial charge in [-0.15, -0.1) is 0 Å². The second-order valence-corrected chi connectivity index (χ2v) is 3.03. The summed E-state index contributed by atoms with van der Waals surface area (Å²) in [4.78, 5) is 0. The van der Waals surface area contributed by atoms with Crippen LogP contribution in [0.1, 0.15) is 5.56 Å². The Bertz CT molecular complexity index is 339. The third kappa shape index (κ3) is 2.26. The number of benzene rings is 1. The molecule has 0 spiro atoms. The van der Waals surface area contributed by atoms with Crippen molar-refractivity contribution in [1.29, 1.82) is 0 Å². The summed E-state index contributed by atoms with van der Waals surface area (Å²) in [6.07, 6.45) is 0. The van der Waals surface area contributed by atoms with Gasteiger partial charge < -0.3 is 9.94 Å². The van der Waals surface area contributed by atoms with Crippen LogP contribution in [0.15, 0.2) is 23.4 Å². The maximum Gasteiger partial charge on any atom is 0.179 e. The Kier molecular flexibility index (Phi) is 3.39. The maximum absolute atomic E-state index is 8.46. The first kappa shape index (κ1) is 10.2. The number of oxime groups is 1. The molecule has 0 aromatic heterocycles. The van der Waals surface area contributed by atoms with Gasteiger partial charge in [0.15, 0.2) is 5.17 Å². The van der Waals surface area contributed by atoms with Crippen LogP contribution in [0.3, 0.4) is 0 Å². The number of ether oxygens (including phenoxy) is 1. The van der Waals surface area contributed by atoms with Gasteiger partial charge in [0.2, 0.25) is 0 Å². The Balaban J connectivity index is 3.23. The summed E-state index contributed by atoms with van der Waals surface area (Å²) in [5.74, 6) is 0.507. The van der Waals surface area contributed by atoms with Gasteiger partial charge in [0, 0.05) is 5.02 Å². The van der Waals surface area contributed by atoms with Crippen molar-refractivity contribution in [3.63, 3.8) is 0 Å². The molecule has 70 valence electrons. The van der Waals surface area contributed by atoms with Crippen molar-refractivity contribution in [2.75, 3.05) is 7.11 Å². The number of hydrogen-bond acceptors (Lipinski definition) is 3. The topological polar surface area (TPSA) is 41.8 Å². The van der Waals surface area contributed by atoms with E-state index in [-0.39, 0.29) is 5.17 Å². The Morgan fingerprint density at radius 1 is 1.54 bits per heavy atom. The molecule has 0 fully saturated rings. The highest BCUT2D eigenvalue weighted by atomic mass is 35.5. The van der Waals surface area contributed by atoms with Crippen LogP contribution >= 0.6 is 23.2 Å². The van der Waals surface area contributed by atoms with Gasteiger partial charge in [-0.25, -0.2) is 0 Å². The molecule has 1 aromatic rings. The smallest absolute Gasteiger partial charge is 0.179 e. The minimum absolute atomic E-state index is 0.0562. The molecule has 1 aromatic carbocycles. The van der Waals surface area contributed by atoms with E-state index in [1.807, 2.05) is 0 Å². The van der Waals surface area contributed by atoms with Gasteiger partial charge in [-0.2, -0.15) is 0 Å². The van der Waals surface area contributed by atoms with Gasteiger partial charge in [-0.1, -0.05) is 28.4 Å². The lowest BCUT2D eigenvalue weighted by Crippen LogP contribution is -1.96. The van der Waals surface area contributed by atoms with Crippen LogP contribution < -0.4 is 4.74 Å². The molecule has 0 amide bonds. The third-order valence-electron chi connectivity index (χ3n) is 1.47. The molecular weight excluding hydrogens is 213 g/mol. The average Bonchev–Trinajstić information content (AvgIpc) is 2.16. The molecule has 0 heterocycles. The quantitative estimate of drug-likeness (QED) is 0.473. The second kappa shape index (κ2) is 4.35. The van der Waals surface area contributed by atoms with Crippen LogP contribution in [0.25, 0.3) is 0 Å². The highest BCUT2D eigenvalue weighted by Crippen LogP contribution is 2.24. The molecule has 13 heavy (non-hydrogen) atoms. The summed E-state index contributed by atoms with van der Waals surface area (Å²) in [5, 5.41) is 11.7. The number of hydrogen-bond donors (Lipinski definition) is 1. The molecule has 0 saturated heterocycles. The molecule has 3 nitrogen and oxygen atoms in total. The van der Waals surface area contributed by atoms with Crippen molar-refractivity contribution in [2.24, 2.45) is 5.16 Å². The van der Waals surface area contributed by atoms with Crippen molar-refractivity contribution in [2.45, 2.75) is 0 Å².